The van der Waals surface area contributed by atoms with Gasteiger partial charge in [-0.15, -0.1) is 0 Å². The molecule has 4 nitrogen and oxygen atoms in total. The summed E-state index contributed by atoms with van der Waals surface area (Å²) in [5.41, 5.74) is 1.14. The first-order valence-corrected chi connectivity index (χ1v) is 5.20. The van der Waals surface area contributed by atoms with Crippen molar-refractivity contribution in [3.8, 4) is 0 Å². The Labute approximate surface area is 84.1 Å². The minimum absolute atomic E-state index is 0.485. The second-order valence-corrected chi connectivity index (χ2v) is 3.70. The smallest absolute Gasteiger partial charge is 0.0922 e. The van der Waals surface area contributed by atoms with Gasteiger partial charge in [0.2, 0.25) is 0 Å². The van der Waals surface area contributed by atoms with Crippen molar-refractivity contribution in [2.24, 2.45) is 0 Å². The van der Waals surface area contributed by atoms with E-state index >= 15 is 0 Å². The summed E-state index contributed by atoms with van der Waals surface area (Å²) in [6.45, 7) is 3.76. The fourth-order valence-corrected chi connectivity index (χ4v) is 1.74. The van der Waals surface area contributed by atoms with Crippen LogP contribution in [0.4, 0.5) is 0 Å². The van der Waals surface area contributed by atoms with E-state index in [4.69, 9.17) is 4.74 Å². The predicted octanol–water partition coefficient (Wildman–Crippen LogP) is 1.07. The minimum atomic E-state index is 0.485. The van der Waals surface area contributed by atoms with Crippen molar-refractivity contribution >= 4 is 0 Å². The number of imidazole rings is 1. The largest absolute Gasteiger partial charge is 0.378 e. The second-order valence-electron chi connectivity index (χ2n) is 3.70. The summed E-state index contributed by atoms with van der Waals surface area (Å²) in [5.74, 6) is 0. The summed E-state index contributed by atoms with van der Waals surface area (Å²) in [6, 6.07) is 0.620. The van der Waals surface area contributed by atoms with Gasteiger partial charge in [-0.25, -0.2) is 4.98 Å². The molecule has 0 saturated heterocycles. The molecule has 1 aliphatic rings. The van der Waals surface area contributed by atoms with Crippen molar-refractivity contribution in [1.82, 2.24) is 15.3 Å². The highest BCUT2D eigenvalue weighted by Crippen LogP contribution is 2.23. The Balaban J connectivity index is 1.61. The van der Waals surface area contributed by atoms with Crippen LogP contribution in [0.3, 0.4) is 0 Å². The molecule has 1 aromatic heterocycles. The third-order valence-corrected chi connectivity index (χ3v) is 2.63. The summed E-state index contributed by atoms with van der Waals surface area (Å²) >= 11 is 0. The zero-order valence-corrected chi connectivity index (χ0v) is 8.49. The van der Waals surface area contributed by atoms with Gasteiger partial charge in [0, 0.05) is 31.1 Å². The van der Waals surface area contributed by atoms with Crippen LogP contribution in [0.5, 0.6) is 0 Å². The lowest BCUT2D eigenvalue weighted by Gasteiger charge is -2.35. The monoisotopic (exact) mass is 195 g/mol. The zero-order valence-electron chi connectivity index (χ0n) is 8.49. The van der Waals surface area contributed by atoms with Gasteiger partial charge in [-0.3, -0.25) is 0 Å². The molecule has 1 heterocycles. The Morgan fingerprint density at radius 2 is 2.50 bits per heavy atom. The van der Waals surface area contributed by atoms with E-state index in [-0.39, 0.29) is 0 Å². The molecule has 0 spiro atoms. The van der Waals surface area contributed by atoms with Gasteiger partial charge in [0.25, 0.3) is 0 Å². The molecule has 1 saturated carbocycles. The fraction of sp³-hybridized carbons (Fsp3) is 0.700. The molecule has 4 heteroatoms. The van der Waals surface area contributed by atoms with Crippen LogP contribution >= 0.6 is 0 Å². The minimum Gasteiger partial charge on any atom is -0.378 e. The number of aromatic amines is 1. The van der Waals surface area contributed by atoms with Crippen LogP contribution in [-0.4, -0.2) is 28.7 Å². The maximum atomic E-state index is 5.48. The lowest BCUT2D eigenvalue weighted by atomic mass is 9.89. The Hall–Kier alpha value is -0.870. The number of H-pyrrole nitrogens is 1. The van der Waals surface area contributed by atoms with Crippen LogP contribution in [0.15, 0.2) is 12.5 Å². The first-order chi connectivity index (χ1) is 6.88. The first-order valence-electron chi connectivity index (χ1n) is 5.20. The lowest BCUT2D eigenvalue weighted by Crippen LogP contribution is -2.45. The molecule has 2 N–H and O–H groups in total. The SMILES string of the molecule is CCOC1CC(NCc2cnc[nH]2)C1. The molecule has 78 valence electrons. The van der Waals surface area contributed by atoms with Crippen molar-refractivity contribution in [1.29, 1.82) is 0 Å². The zero-order chi connectivity index (χ0) is 9.80. The molecule has 0 atom stereocenters. The average molecular weight is 195 g/mol. The standard InChI is InChI=1S/C10H17N3O/c1-2-14-10-3-8(4-10)12-6-9-5-11-7-13-9/h5,7-8,10,12H,2-4,6H2,1H3,(H,11,13). The van der Waals surface area contributed by atoms with E-state index in [1.807, 2.05) is 13.1 Å². The highest BCUT2D eigenvalue weighted by Gasteiger charge is 2.28. The van der Waals surface area contributed by atoms with Gasteiger partial charge < -0.3 is 15.0 Å². The van der Waals surface area contributed by atoms with E-state index in [0.717, 1.165) is 31.7 Å². The summed E-state index contributed by atoms with van der Waals surface area (Å²) < 4.78 is 5.48. The van der Waals surface area contributed by atoms with E-state index in [1.54, 1.807) is 6.33 Å². The Morgan fingerprint density at radius 3 is 3.14 bits per heavy atom. The number of nitrogens with one attached hydrogen (secondary N) is 2. The molecule has 0 bridgehead atoms. The summed E-state index contributed by atoms with van der Waals surface area (Å²) in [5, 5.41) is 3.46. The first kappa shape index (κ1) is 9.68. The van der Waals surface area contributed by atoms with Crippen molar-refractivity contribution in [2.75, 3.05) is 6.61 Å². The molecule has 0 unspecified atom stereocenters. The van der Waals surface area contributed by atoms with Gasteiger partial charge in [0.15, 0.2) is 0 Å². The number of hydrogen-bond donors (Lipinski definition) is 2. The average Bonchev–Trinajstić information content (AvgIpc) is 2.61. The molecular formula is C10H17N3O. The van der Waals surface area contributed by atoms with Gasteiger partial charge in [0.1, 0.15) is 0 Å². The maximum absolute atomic E-state index is 5.48. The third kappa shape index (κ3) is 2.33. The number of nitrogens with zero attached hydrogens (tertiary/aromatic N) is 1. The number of hydrogen-bond acceptors (Lipinski definition) is 3. The van der Waals surface area contributed by atoms with Crippen LogP contribution in [-0.2, 0) is 11.3 Å². The van der Waals surface area contributed by atoms with Gasteiger partial charge in [-0.2, -0.15) is 0 Å². The van der Waals surface area contributed by atoms with Crippen molar-refractivity contribution in [3.05, 3.63) is 18.2 Å². The van der Waals surface area contributed by atoms with E-state index < -0.39 is 0 Å². The molecular weight excluding hydrogens is 178 g/mol. The Bertz CT molecular complexity index is 254. The molecule has 1 fully saturated rings. The van der Waals surface area contributed by atoms with Crippen molar-refractivity contribution < 1.29 is 4.74 Å². The quantitative estimate of drug-likeness (QED) is 0.738. The molecule has 0 radical (unpaired) electrons. The van der Waals surface area contributed by atoms with Crippen LogP contribution in [0.1, 0.15) is 25.5 Å². The summed E-state index contributed by atoms with van der Waals surface area (Å²) in [4.78, 5) is 7.04. The molecule has 1 aromatic rings. The molecule has 14 heavy (non-hydrogen) atoms. The van der Waals surface area contributed by atoms with Crippen LogP contribution in [0.25, 0.3) is 0 Å². The topological polar surface area (TPSA) is 49.9 Å². The lowest BCUT2D eigenvalue weighted by molar-refractivity contribution is -0.0103. The number of rotatable bonds is 5. The van der Waals surface area contributed by atoms with E-state index in [9.17, 15) is 0 Å². The highest BCUT2D eigenvalue weighted by atomic mass is 16.5. The predicted molar refractivity (Wildman–Crippen MR) is 53.9 cm³/mol. The fourth-order valence-electron chi connectivity index (χ4n) is 1.74. The van der Waals surface area contributed by atoms with E-state index in [1.165, 1.54) is 0 Å². The van der Waals surface area contributed by atoms with Crippen molar-refractivity contribution in [2.45, 2.75) is 38.5 Å². The molecule has 0 aromatic carbocycles. The molecule has 2 rings (SSSR count). The molecule has 0 amide bonds. The van der Waals surface area contributed by atoms with Crippen LogP contribution in [0.2, 0.25) is 0 Å². The van der Waals surface area contributed by atoms with E-state index in [0.29, 0.717) is 12.1 Å². The maximum Gasteiger partial charge on any atom is 0.0922 e. The van der Waals surface area contributed by atoms with Gasteiger partial charge in [-0.1, -0.05) is 0 Å². The normalized spacial score (nSPS) is 26.1. The van der Waals surface area contributed by atoms with Crippen molar-refractivity contribution in [3.63, 3.8) is 0 Å². The van der Waals surface area contributed by atoms with Gasteiger partial charge in [-0.05, 0) is 19.8 Å². The highest BCUT2D eigenvalue weighted by molar-refractivity contribution is 4.95. The van der Waals surface area contributed by atoms with E-state index in [2.05, 4.69) is 15.3 Å². The summed E-state index contributed by atoms with van der Waals surface area (Å²) in [7, 11) is 0. The van der Waals surface area contributed by atoms with Crippen LogP contribution in [0, 0.1) is 0 Å². The summed E-state index contributed by atoms with van der Waals surface area (Å²) in [6.07, 6.45) is 6.33. The van der Waals surface area contributed by atoms with Crippen LogP contribution < -0.4 is 5.32 Å². The second kappa shape index (κ2) is 4.57. The van der Waals surface area contributed by atoms with Gasteiger partial charge >= 0.3 is 0 Å². The molecule has 1 aliphatic carbocycles. The van der Waals surface area contributed by atoms with Gasteiger partial charge in [0.05, 0.1) is 12.4 Å². The number of ether oxygens (including phenoxy) is 1. The molecule has 0 aliphatic heterocycles. The third-order valence-electron chi connectivity index (χ3n) is 2.63. The number of aromatic nitrogens is 2. The Kier molecular flexibility index (Phi) is 3.16. The Morgan fingerprint density at radius 1 is 1.64 bits per heavy atom.